The largest absolute Gasteiger partial charge is 0.465 e. The number of aromatic nitrogens is 5. The molecule has 0 saturated carbocycles. The number of rotatable bonds is 3. The van der Waals surface area contributed by atoms with Crippen molar-refractivity contribution in [1.29, 1.82) is 5.26 Å². The third-order valence-electron chi connectivity index (χ3n) is 5.67. The Labute approximate surface area is 183 Å². The molecule has 1 aliphatic heterocycles. The van der Waals surface area contributed by atoms with Crippen LogP contribution in [-0.4, -0.2) is 66.7 Å². The number of amides is 1. The highest BCUT2D eigenvalue weighted by Gasteiger charge is 2.21. The van der Waals surface area contributed by atoms with E-state index in [9.17, 15) is 10.1 Å². The van der Waals surface area contributed by atoms with Gasteiger partial charge in [-0.2, -0.15) is 15.5 Å². The molecule has 0 unspecified atom stereocenters. The molecule has 32 heavy (non-hydrogen) atoms. The molecule has 1 aliphatic rings. The van der Waals surface area contributed by atoms with Gasteiger partial charge in [0.25, 0.3) is 0 Å². The maximum atomic E-state index is 11.1. The van der Waals surface area contributed by atoms with Gasteiger partial charge in [-0.05, 0) is 24.3 Å². The summed E-state index contributed by atoms with van der Waals surface area (Å²) in [5, 5.41) is 27.5. The van der Waals surface area contributed by atoms with Crippen molar-refractivity contribution in [2.75, 3.05) is 31.1 Å². The van der Waals surface area contributed by atoms with E-state index in [0.717, 1.165) is 33.7 Å². The average molecular weight is 428 g/mol. The van der Waals surface area contributed by atoms with Gasteiger partial charge in [-0.25, -0.2) is 14.3 Å². The van der Waals surface area contributed by atoms with E-state index in [4.69, 9.17) is 5.11 Å². The minimum absolute atomic E-state index is 0.451. The first-order chi connectivity index (χ1) is 15.5. The standard InChI is InChI=1S/C22H20N8O2/c1-27-5-4-19(26-27)16-10-18(21-17(11-23)13-25-30(21)14-16)15-2-3-20(24-12-15)28-6-8-29(9-7-28)22(31)32/h2-5,10,12-14H,6-9H2,1H3,(H,31,32). The second-order valence-electron chi connectivity index (χ2n) is 7.64. The van der Waals surface area contributed by atoms with Crippen LogP contribution < -0.4 is 4.90 Å². The Balaban J connectivity index is 1.52. The summed E-state index contributed by atoms with van der Waals surface area (Å²) in [6.07, 6.45) is 6.20. The molecule has 4 aromatic rings. The highest BCUT2D eigenvalue weighted by molar-refractivity contribution is 5.87. The Kier molecular flexibility index (Phi) is 4.71. The third kappa shape index (κ3) is 3.39. The van der Waals surface area contributed by atoms with Gasteiger partial charge in [0.2, 0.25) is 0 Å². The number of fused-ring (bicyclic) bond motifs is 1. The van der Waals surface area contributed by atoms with Crippen LogP contribution in [0.4, 0.5) is 10.6 Å². The molecule has 5 rings (SSSR count). The van der Waals surface area contributed by atoms with E-state index >= 15 is 0 Å². The number of nitrogens with zero attached hydrogens (tertiary/aromatic N) is 8. The van der Waals surface area contributed by atoms with Crippen molar-refractivity contribution in [3.8, 4) is 28.5 Å². The summed E-state index contributed by atoms with van der Waals surface area (Å²) >= 11 is 0. The number of hydrogen-bond donors (Lipinski definition) is 1. The normalized spacial score (nSPS) is 14.0. The number of carbonyl (C=O) groups is 1. The fourth-order valence-electron chi connectivity index (χ4n) is 3.99. The van der Waals surface area contributed by atoms with E-state index in [2.05, 4.69) is 26.2 Å². The number of piperazine rings is 1. The second-order valence-corrected chi connectivity index (χ2v) is 7.64. The third-order valence-corrected chi connectivity index (χ3v) is 5.67. The monoisotopic (exact) mass is 428 g/mol. The molecule has 0 radical (unpaired) electrons. The molecule has 0 aliphatic carbocycles. The predicted octanol–water partition coefficient (Wildman–Crippen LogP) is 2.47. The van der Waals surface area contributed by atoms with Gasteiger partial charge in [-0.1, -0.05) is 0 Å². The zero-order valence-electron chi connectivity index (χ0n) is 17.4. The predicted molar refractivity (Wildman–Crippen MR) is 117 cm³/mol. The molecule has 10 heteroatoms. The molecule has 0 bridgehead atoms. The van der Waals surface area contributed by atoms with Gasteiger partial charge in [-0.3, -0.25) is 4.68 Å². The molecule has 1 N–H and O–H groups in total. The molecule has 1 fully saturated rings. The van der Waals surface area contributed by atoms with Crippen molar-refractivity contribution in [3.63, 3.8) is 0 Å². The minimum Gasteiger partial charge on any atom is -0.465 e. The maximum Gasteiger partial charge on any atom is 0.407 e. The highest BCUT2D eigenvalue weighted by atomic mass is 16.4. The Hall–Kier alpha value is -4.39. The number of hydrogen-bond acceptors (Lipinski definition) is 6. The average Bonchev–Trinajstić information content (AvgIpc) is 3.44. The summed E-state index contributed by atoms with van der Waals surface area (Å²) in [5.41, 5.74) is 4.60. The maximum absolute atomic E-state index is 11.1. The zero-order chi connectivity index (χ0) is 22.2. The summed E-state index contributed by atoms with van der Waals surface area (Å²) in [6.45, 7) is 2.10. The van der Waals surface area contributed by atoms with Crippen molar-refractivity contribution in [2.24, 2.45) is 7.05 Å². The van der Waals surface area contributed by atoms with Crippen LogP contribution >= 0.6 is 0 Å². The van der Waals surface area contributed by atoms with Crippen molar-refractivity contribution < 1.29 is 9.90 Å². The molecule has 10 nitrogen and oxygen atoms in total. The topological polar surface area (TPSA) is 116 Å². The lowest BCUT2D eigenvalue weighted by Gasteiger charge is -2.33. The van der Waals surface area contributed by atoms with Crippen LogP contribution in [0, 0.1) is 11.3 Å². The van der Waals surface area contributed by atoms with Gasteiger partial charge >= 0.3 is 6.09 Å². The van der Waals surface area contributed by atoms with Crippen molar-refractivity contribution in [1.82, 2.24) is 29.3 Å². The van der Waals surface area contributed by atoms with Gasteiger partial charge in [0.1, 0.15) is 11.9 Å². The first kappa shape index (κ1) is 19.6. The number of aryl methyl sites for hydroxylation is 1. The van der Waals surface area contributed by atoms with Gasteiger partial charge in [0.15, 0.2) is 0 Å². The van der Waals surface area contributed by atoms with Crippen LogP contribution in [-0.2, 0) is 7.05 Å². The molecule has 0 spiro atoms. The van der Waals surface area contributed by atoms with Gasteiger partial charge < -0.3 is 14.9 Å². The molecule has 160 valence electrons. The van der Waals surface area contributed by atoms with Crippen LogP contribution in [0.25, 0.3) is 27.9 Å². The summed E-state index contributed by atoms with van der Waals surface area (Å²) in [4.78, 5) is 19.2. The summed E-state index contributed by atoms with van der Waals surface area (Å²) in [5.74, 6) is 0.796. The van der Waals surface area contributed by atoms with E-state index in [1.54, 1.807) is 21.6 Å². The molecular weight excluding hydrogens is 408 g/mol. The molecule has 5 heterocycles. The Bertz CT molecular complexity index is 1340. The minimum atomic E-state index is -0.890. The summed E-state index contributed by atoms with van der Waals surface area (Å²) in [7, 11) is 1.86. The lowest BCUT2D eigenvalue weighted by Crippen LogP contribution is -2.48. The second kappa shape index (κ2) is 7.70. The van der Waals surface area contributed by atoms with Gasteiger partial charge in [0.05, 0.1) is 23.0 Å². The van der Waals surface area contributed by atoms with E-state index in [1.807, 2.05) is 43.7 Å². The molecule has 0 aromatic carbocycles. The first-order valence-corrected chi connectivity index (χ1v) is 10.1. The fourth-order valence-corrected chi connectivity index (χ4v) is 3.99. The first-order valence-electron chi connectivity index (χ1n) is 10.1. The Morgan fingerprint density at radius 2 is 1.94 bits per heavy atom. The number of carboxylic acid groups (broad SMARTS) is 1. The van der Waals surface area contributed by atoms with Gasteiger partial charge in [-0.15, -0.1) is 0 Å². The SMILES string of the molecule is Cn1ccc(-c2cc(-c3ccc(N4CCN(C(=O)O)CC4)nc3)c3c(C#N)cnn3c2)n1. The van der Waals surface area contributed by atoms with Gasteiger partial charge in [0, 0.05) is 68.5 Å². The van der Waals surface area contributed by atoms with Crippen LogP contribution in [0.15, 0.2) is 49.1 Å². The Morgan fingerprint density at radius 1 is 1.12 bits per heavy atom. The summed E-state index contributed by atoms with van der Waals surface area (Å²) < 4.78 is 3.44. The van der Waals surface area contributed by atoms with Crippen LogP contribution in [0.1, 0.15) is 5.56 Å². The number of nitriles is 1. The van der Waals surface area contributed by atoms with Crippen LogP contribution in [0.3, 0.4) is 0 Å². The molecule has 1 saturated heterocycles. The fraction of sp³-hybridized carbons (Fsp3) is 0.227. The summed E-state index contributed by atoms with van der Waals surface area (Å²) in [6, 6.07) is 10.0. The van der Waals surface area contributed by atoms with Crippen LogP contribution in [0.5, 0.6) is 0 Å². The number of pyridine rings is 2. The van der Waals surface area contributed by atoms with Crippen molar-refractivity contribution in [3.05, 3.63) is 54.6 Å². The van der Waals surface area contributed by atoms with Crippen LogP contribution in [0.2, 0.25) is 0 Å². The zero-order valence-corrected chi connectivity index (χ0v) is 17.4. The molecule has 1 amide bonds. The lowest BCUT2D eigenvalue weighted by molar-refractivity contribution is 0.142. The lowest BCUT2D eigenvalue weighted by atomic mass is 10.0. The smallest absolute Gasteiger partial charge is 0.407 e. The molecule has 4 aromatic heterocycles. The Morgan fingerprint density at radius 3 is 2.56 bits per heavy atom. The molecule has 0 atom stereocenters. The molecular formula is C22H20N8O2. The number of anilines is 1. The highest BCUT2D eigenvalue weighted by Crippen LogP contribution is 2.32. The van der Waals surface area contributed by atoms with E-state index in [-0.39, 0.29) is 0 Å². The van der Waals surface area contributed by atoms with E-state index in [1.165, 1.54) is 4.90 Å². The van der Waals surface area contributed by atoms with Crippen molar-refractivity contribution in [2.45, 2.75) is 0 Å². The van der Waals surface area contributed by atoms with Crippen molar-refractivity contribution >= 4 is 17.4 Å². The quantitative estimate of drug-likeness (QED) is 0.533. The van der Waals surface area contributed by atoms with E-state index < -0.39 is 6.09 Å². The van der Waals surface area contributed by atoms with E-state index in [0.29, 0.717) is 31.7 Å².